The van der Waals surface area contributed by atoms with Gasteiger partial charge in [0.1, 0.15) is 0 Å². The van der Waals surface area contributed by atoms with E-state index in [1.807, 2.05) is 0 Å². The fourth-order valence-electron chi connectivity index (χ4n) is 1.48. The predicted octanol–water partition coefficient (Wildman–Crippen LogP) is 3.74. The van der Waals surface area contributed by atoms with Gasteiger partial charge in [-0.05, 0) is 12.1 Å². The molecule has 2 aromatic heterocycles. The Bertz CT molecular complexity index is 573. The first-order valence-corrected chi connectivity index (χ1v) is 4.93. The van der Waals surface area contributed by atoms with Gasteiger partial charge in [0.05, 0.1) is 0 Å². The number of nitrogens with zero attached hydrogens (tertiary/aromatic N) is 2. The molecule has 0 N–H and O–H groups in total. The Morgan fingerprint density at radius 2 is 1.60 bits per heavy atom. The normalized spacial score (nSPS) is 12.1. The van der Waals surface area contributed by atoms with Crippen molar-refractivity contribution in [3.63, 3.8) is 0 Å². The fraction of sp³-hybridized carbons (Fsp3) is 0.182. The van der Waals surface area contributed by atoms with Gasteiger partial charge in [0.25, 0.3) is 0 Å². The molecule has 1 radical (unpaired) electrons. The van der Waals surface area contributed by atoms with Crippen molar-refractivity contribution in [3.05, 3.63) is 41.7 Å². The summed E-state index contributed by atoms with van der Waals surface area (Å²) in [6.07, 6.45) is -8.69. The van der Waals surface area contributed by atoms with Crippen LogP contribution in [0.4, 0.5) is 26.3 Å². The summed E-state index contributed by atoms with van der Waals surface area (Å²) in [4.78, 5) is 6.60. The molecular weight excluding hydrogens is 466 g/mol. The molecule has 2 nitrogen and oxygen atoms in total. The minimum Gasteiger partial charge on any atom is -0.652 e. The second kappa shape index (κ2) is 5.57. The summed E-state index contributed by atoms with van der Waals surface area (Å²) in [7, 11) is 0. The summed E-state index contributed by atoms with van der Waals surface area (Å²) in [5.74, 6) is 0. The number of rotatable bonds is 1. The van der Waals surface area contributed by atoms with Crippen molar-refractivity contribution in [2.75, 3.05) is 0 Å². The predicted molar refractivity (Wildman–Crippen MR) is 53.0 cm³/mol. The van der Waals surface area contributed by atoms with Gasteiger partial charge in [-0.2, -0.15) is 26.3 Å². The van der Waals surface area contributed by atoms with E-state index in [-0.39, 0.29) is 31.9 Å². The second-order valence-corrected chi connectivity index (χ2v) is 3.61. The van der Waals surface area contributed by atoms with E-state index in [0.29, 0.717) is 0 Å². The van der Waals surface area contributed by atoms with E-state index >= 15 is 0 Å². The molecule has 0 amide bonds. The van der Waals surface area contributed by atoms with Crippen LogP contribution >= 0.6 is 0 Å². The molecule has 0 aliphatic rings. The van der Waals surface area contributed by atoms with Crippen LogP contribution in [0.15, 0.2) is 30.5 Å². The molecule has 2 aromatic rings. The Kier molecular flexibility index (Phi) is 4.66. The van der Waals surface area contributed by atoms with Crippen molar-refractivity contribution < 1.29 is 46.4 Å². The smallest absolute Gasteiger partial charge is 0.415 e. The maximum atomic E-state index is 12.7. The van der Waals surface area contributed by atoms with Crippen LogP contribution in [-0.2, 0) is 32.5 Å². The molecule has 111 valence electrons. The molecule has 9 heteroatoms. The monoisotopic (exact) mass is 472 g/mol. The van der Waals surface area contributed by atoms with Crippen LogP contribution in [0.1, 0.15) is 11.3 Å². The van der Waals surface area contributed by atoms with Gasteiger partial charge in [0.2, 0.25) is 0 Å². The Labute approximate surface area is 122 Å². The Hall–Kier alpha value is -1.34. The maximum absolute atomic E-state index is 12.7. The third kappa shape index (κ3) is 3.40. The van der Waals surface area contributed by atoms with Crippen LogP contribution in [0, 0.1) is 0 Å². The molecule has 0 unspecified atom stereocenters. The van der Waals surface area contributed by atoms with Gasteiger partial charge >= 0.3 is 12.4 Å². The van der Waals surface area contributed by atoms with E-state index in [4.69, 9.17) is 0 Å². The molecule has 0 saturated heterocycles. The van der Waals surface area contributed by atoms with E-state index in [9.17, 15) is 26.3 Å². The molecule has 0 aliphatic carbocycles. The largest absolute Gasteiger partial charge is 0.652 e. The number of hydrogen-bond donors (Lipinski definition) is 0. The van der Waals surface area contributed by atoms with Crippen LogP contribution in [0.3, 0.4) is 0 Å². The summed E-state index contributed by atoms with van der Waals surface area (Å²) in [5, 5.41) is 0. The number of aromatic nitrogens is 2. The Balaban J connectivity index is 0.00000200. The van der Waals surface area contributed by atoms with Crippen LogP contribution in [-0.4, -0.2) is 4.98 Å². The molecule has 0 fully saturated rings. The van der Waals surface area contributed by atoms with E-state index in [2.05, 4.69) is 9.97 Å². The average Bonchev–Trinajstić information content (AvgIpc) is 2.74. The first-order chi connectivity index (χ1) is 8.69. The first kappa shape index (κ1) is 16.7. The molecule has 2 heterocycles. The summed E-state index contributed by atoms with van der Waals surface area (Å²) in [6.45, 7) is 0. The number of pyridine rings is 1. The number of hydrogen-bond acceptors (Lipinski definition) is 1. The third-order valence-corrected chi connectivity index (χ3v) is 2.27. The molecule has 0 bridgehead atoms. The molecule has 0 aromatic carbocycles. The Morgan fingerprint density at radius 3 is 2.05 bits per heavy atom. The Morgan fingerprint density at radius 1 is 0.950 bits per heavy atom. The molecular formula is C11H5F6IrN2-. The van der Waals surface area contributed by atoms with Gasteiger partial charge < -0.3 is 4.98 Å². The van der Waals surface area contributed by atoms with Gasteiger partial charge in [0, 0.05) is 37.6 Å². The van der Waals surface area contributed by atoms with Crippen molar-refractivity contribution in [3.8, 4) is 11.4 Å². The summed E-state index contributed by atoms with van der Waals surface area (Å²) >= 11 is 0. The molecule has 0 spiro atoms. The van der Waals surface area contributed by atoms with Gasteiger partial charge in [-0.1, -0.05) is 23.5 Å². The third-order valence-electron chi connectivity index (χ3n) is 2.27. The second-order valence-electron chi connectivity index (χ2n) is 3.61. The number of halogens is 6. The van der Waals surface area contributed by atoms with Gasteiger partial charge in [-0.3, -0.25) is 4.98 Å². The van der Waals surface area contributed by atoms with Crippen molar-refractivity contribution in [2.24, 2.45) is 0 Å². The van der Waals surface area contributed by atoms with Crippen LogP contribution in [0.25, 0.3) is 11.4 Å². The quantitative estimate of drug-likeness (QED) is 0.593. The number of alkyl halides is 6. The minimum absolute atomic E-state index is 0. The molecule has 20 heavy (non-hydrogen) atoms. The van der Waals surface area contributed by atoms with Crippen molar-refractivity contribution in [1.29, 1.82) is 0 Å². The van der Waals surface area contributed by atoms with E-state index in [0.717, 1.165) is 6.07 Å². The zero-order chi connectivity index (χ0) is 14.3. The van der Waals surface area contributed by atoms with Gasteiger partial charge in [-0.15, -0.1) is 0 Å². The SMILES string of the molecule is FC(F)(F)c1cc(C(F)(F)F)c(-c2ccccn2)[n-]1.[Ir]. The minimum atomic E-state index is -4.94. The van der Waals surface area contributed by atoms with E-state index in [1.165, 1.54) is 18.3 Å². The molecule has 2 rings (SSSR count). The van der Waals surface area contributed by atoms with Crippen LogP contribution in [0.5, 0.6) is 0 Å². The molecule has 0 atom stereocenters. The van der Waals surface area contributed by atoms with Crippen LogP contribution < -0.4 is 4.98 Å². The van der Waals surface area contributed by atoms with Gasteiger partial charge in [-0.25, -0.2) is 0 Å². The molecule has 0 aliphatic heterocycles. The summed E-state index contributed by atoms with van der Waals surface area (Å²) in [6, 6.07) is 3.95. The van der Waals surface area contributed by atoms with Crippen molar-refractivity contribution in [2.45, 2.75) is 12.4 Å². The van der Waals surface area contributed by atoms with E-state index < -0.39 is 29.3 Å². The van der Waals surface area contributed by atoms with E-state index in [1.54, 1.807) is 0 Å². The first-order valence-electron chi connectivity index (χ1n) is 4.93. The topological polar surface area (TPSA) is 27.0 Å². The van der Waals surface area contributed by atoms with Crippen LogP contribution in [0.2, 0.25) is 0 Å². The zero-order valence-corrected chi connectivity index (χ0v) is 11.8. The summed E-state index contributed by atoms with van der Waals surface area (Å²) in [5.41, 5.74) is -4.11. The molecule has 0 saturated carbocycles. The zero-order valence-electron chi connectivity index (χ0n) is 9.38. The summed E-state index contributed by atoms with van der Waals surface area (Å²) < 4.78 is 75.4. The van der Waals surface area contributed by atoms with Gasteiger partial charge in [0.15, 0.2) is 0 Å². The van der Waals surface area contributed by atoms with Crippen molar-refractivity contribution >= 4 is 0 Å². The standard InChI is InChI=1S/C11H5F6N2.Ir/c12-10(13,14)6-5-8(11(15,16)17)19-9(6)7-3-1-2-4-18-7;/h1-5H;/q-1;. The van der Waals surface area contributed by atoms with Crippen molar-refractivity contribution in [1.82, 2.24) is 9.97 Å². The fourth-order valence-corrected chi connectivity index (χ4v) is 1.48. The average molecular weight is 471 g/mol. The maximum Gasteiger partial charge on any atom is 0.415 e.